The van der Waals surface area contributed by atoms with Gasteiger partial charge in [-0.15, -0.1) is 0 Å². The molecule has 196 valence electrons. The Morgan fingerprint density at radius 3 is 2.45 bits per heavy atom. The summed E-state index contributed by atoms with van der Waals surface area (Å²) in [6.07, 6.45) is 10.1. The molecule has 0 aliphatic heterocycles. The second-order valence-electron chi connectivity index (χ2n) is 10.8. The molecule has 3 aliphatic rings. The first-order chi connectivity index (χ1) is 18.5. The molecular formula is C31H32F2N4O. The average Bonchev–Trinajstić information content (AvgIpc) is 3.76. The van der Waals surface area contributed by atoms with Crippen molar-refractivity contribution in [2.24, 2.45) is 15.9 Å². The van der Waals surface area contributed by atoms with Crippen LogP contribution in [0.25, 0.3) is 11.3 Å². The molecule has 0 radical (unpaired) electrons. The molecule has 2 N–H and O–H groups in total. The van der Waals surface area contributed by atoms with Gasteiger partial charge in [-0.05, 0) is 104 Å². The van der Waals surface area contributed by atoms with Gasteiger partial charge in [0.15, 0.2) is 5.82 Å². The summed E-state index contributed by atoms with van der Waals surface area (Å²) in [6.45, 7) is 0.550. The Hall–Kier alpha value is -3.61. The number of nitrogen functional groups attached to an aromatic ring is 1. The lowest BCUT2D eigenvalue weighted by molar-refractivity contribution is 0.417. The molecule has 0 amide bonds. The van der Waals surface area contributed by atoms with Gasteiger partial charge in [-0.1, -0.05) is 0 Å². The van der Waals surface area contributed by atoms with E-state index >= 15 is 4.39 Å². The van der Waals surface area contributed by atoms with Crippen molar-refractivity contribution in [1.82, 2.24) is 4.98 Å². The maximum atomic E-state index is 15.5. The van der Waals surface area contributed by atoms with E-state index in [-0.39, 0.29) is 23.5 Å². The van der Waals surface area contributed by atoms with Crippen molar-refractivity contribution in [2.45, 2.75) is 56.4 Å². The highest BCUT2D eigenvalue weighted by Crippen LogP contribution is 2.47. The normalized spacial score (nSPS) is 18.4. The van der Waals surface area contributed by atoms with Gasteiger partial charge in [0.05, 0.1) is 18.8 Å². The van der Waals surface area contributed by atoms with Crippen LogP contribution in [0.1, 0.15) is 72.7 Å². The average molecular weight is 515 g/mol. The molecule has 0 saturated heterocycles. The Labute approximate surface area is 221 Å². The monoisotopic (exact) mass is 514 g/mol. The first-order valence-electron chi connectivity index (χ1n) is 13.5. The lowest BCUT2D eigenvalue weighted by atomic mass is 9.95. The van der Waals surface area contributed by atoms with Gasteiger partial charge in [0, 0.05) is 41.7 Å². The quantitative estimate of drug-likeness (QED) is 0.242. The number of methoxy groups -OCH3 is 1. The Balaban J connectivity index is 1.29. The molecule has 3 aromatic rings. The molecule has 3 aliphatic carbocycles. The fourth-order valence-corrected chi connectivity index (χ4v) is 4.93. The predicted molar refractivity (Wildman–Crippen MR) is 148 cm³/mol. The summed E-state index contributed by atoms with van der Waals surface area (Å²) in [5.41, 5.74) is 11.1. The first kappa shape index (κ1) is 24.7. The predicted octanol–water partition coefficient (Wildman–Crippen LogP) is 6.69. The number of aliphatic imine (C=N–C) groups is 2. The number of benzene rings is 2. The van der Waals surface area contributed by atoms with Crippen molar-refractivity contribution in [3.05, 3.63) is 76.5 Å². The van der Waals surface area contributed by atoms with Crippen LogP contribution in [-0.2, 0) is 0 Å². The van der Waals surface area contributed by atoms with E-state index in [4.69, 9.17) is 20.4 Å². The lowest BCUT2D eigenvalue weighted by Crippen LogP contribution is -2.11. The van der Waals surface area contributed by atoms with Gasteiger partial charge in [0.25, 0.3) is 0 Å². The van der Waals surface area contributed by atoms with Crippen molar-refractivity contribution in [3.8, 4) is 17.0 Å². The summed E-state index contributed by atoms with van der Waals surface area (Å²) in [6, 6.07) is 12.1. The Morgan fingerprint density at radius 1 is 1.03 bits per heavy atom. The number of nitrogens with two attached hydrogens (primary N) is 1. The zero-order valence-corrected chi connectivity index (χ0v) is 21.5. The Kier molecular flexibility index (Phi) is 6.68. The third-order valence-corrected chi connectivity index (χ3v) is 7.64. The number of rotatable bonds is 10. The number of aromatic nitrogens is 1. The van der Waals surface area contributed by atoms with E-state index in [1.165, 1.54) is 12.1 Å². The van der Waals surface area contributed by atoms with Crippen LogP contribution in [0.4, 0.5) is 14.5 Å². The minimum absolute atomic E-state index is 0.0927. The maximum absolute atomic E-state index is 15.5. The van der Waals surface area contributed by atoms with Crippen molar-refractivity contribution in [3.63, 3.8) is 0 Å². The van der Waals surface area contributed by atoms with Crippen molar-refractivity contribution in [1.29, 1.82) is 0 Å². The SMILES string of the molecule is COc1cc(C=NCC(c2cc(C3CC3)c(F)c(-c3ccc(F)cc3)n2)C2CC2)cc(C=NC2CC2)c1N. The van der Waals surface area contributed by atoms with E-state index in [0.29, 0.717) is 41.2 Å². The smallest absolute Gasteiger partial charge is 0.152 e. The van der Waals surface area contributed by atoms with Gasteiger partial charge in [-0.25, -0.2) is 13.8 Å². The maximum Gasteiger partial charge on any atom is 0.152 e. The van der Waals surface area contributed by atoms with Crippen LogP contribution in [0, 0.1) is 17.6 Å². The van der Waals surface area contributed by atoms with Crippen LogP contribution < -0.4 is 10.5 Å². The summed E-state index contributed by atoms with van der Waals surface area (Å²) >= 11 is 0. The van der Waals surface area contributed by atoms with E-state index in [1.54, 1.807) is 19.2 Å². The summed E-state index contributed by atoms with van der Waals surface area (Å²) in [5, 5.41) is 0. The number of nitrogens with zero attached hydrogens (tertiary/aromatic N) is 3. The van der Waals surface area contributed by atoms with Crippen LogP contribution in [-0.4, -0.2) is 37.1 Å². The number of pyridine rings is 1. The third-order valence-electron chi connectivity index (χ3n) is 7.64. The summed E-state index contributed by atoms with van der Waals surface area (Å²) < 4.78 is 34.6. The molecule has 5 nitrogen and oxygen atoms in total. The third kappa shape index (κ3) is 5.47. The van der Waals surface area contributed by atoms with Gasteiger partial charge in [-0.2, -0.15) is 0 Å². The van der Waals surface area contributed by atoms with Crippen molar-refractivity contribution >= 4 is 18.1 Å². The zero-order valence-electron chi connectivity index (χ0n) is 21.5. The molecule has 3 saturated carbocycles. The van der Waals surface area contributed by atoms with Gasteiger partial charge in [0.1, 0.15) is 17.3 Å². The molecular weight excluding hydrogens is 482 g/mol. The number of halogens is 2. The summed E-state index contributed by atoms with van der Waals surface area (Å²) in [7, 11) is 1.61. The van der Waals surface area contributed by atoms with Crippen LogP contribution in [0.3, 0.4) is 0 Å². The molecule has 38 heavy (non-hydrogen) atoms. The second-order valence-corrected chi connectivity index (χ2v) is 10.8. The molecule has 1 atom stereocenters. The Bertz CT molecular complexity index is 1390. The largest absolute Gasteiger partial charge is 0.495 e. The highest BCUT2D eigenvalue weighted by molar-refractivity contribution is 5.93. The highest BCUT2D eigenvalue weighted by atomic mass is 19.1. The van der Waals surface area contributed by atoms with Crippen LogP contribution in [0.15, 0.2) is 52.4 Å². The summed E-state index contributed by atoms with van der Waals surface area (Å²) in [5.74, 6) is 0.769. The summed E-state index contributed by atoms with van der Waals surface area (Å²) in [4.78, 5) is 14.2. The molecule has 1 heterocycles. The minimum Gasteiger partial charge on any atom is -0.495 e. The van der Waals surface area contributed by atoms with Gasteiger partial charge < -0.3 is 10.5 Å². The second kappa shape index (κ2) is 10.3. The number of hydrogen-bond acceptors (Lipinski definition) is 5. The number of hydrogen-bond donors (Lipinski definition) is 1. The standard InChI is InChI=1S/C31H32F2N4O/c1-38-28-13-18(12-22(30(28)34)16-36-24-10-11-24)15-35-17-26(20-4-5-20)27-14-25(19-2-3-19)29(33)31(37-27)21-6-8-23(32)9-7-21/h6-9,12-16,19-20,24,26H,2-5,10-11,17,34H2,1H3. The van der Waals surface area contributed by atoms with Crippen molar-refractivity contribution in [2.75, 3.05) is 19.4 Å². The molecule has 3 fully saturated rings. The van der Waals surface area contributed by atoms with Gasteiger partial charge in [-0.3, -0.25) is 9.98 Å². The zero-order chi connectivity index (χ0) is 26.2. The Morgan fingerprint density at radius 2 is 1.79 bits per heavy atom. The van der Waals surface area contributed by atoms with Gasteiger partial charge in [0.2, 0.25) is 0 Å². The van der Waals surface area contributed by atoms with Crippen LogP contribution >= 0.6 is 0 Å². The van der Waals surface area contributed by atoms with Crippen LogP contribution in [0.5, 0.6) is 5.75 Å². The van der Waals surface area contributed by atoms with E-state index in [0.717, 1.165) is 60.9 Å². The first-order valence-corrected chi connectivity index (χ1v) is 13.5. The molecule has 6 rings (SSSR count). The molecule has 1 unspecified atom stereocenters. The number of anilines is 1. The van der Waals surface area contributed by atoms with Gasteiger partial charge >= 0.3 is 0 Å². The molecule has 0 spiro atoms. The molecule has 7 heteroatoms. The fraction of sp³-hybridized carbons (Fsp3) is 0.387. The topological polar surface area (TPSA) is 72.9 Å². The van der Waals surface area contributed by atoms with E-state index < -0.39 is 0 Å². The number of ether oxygens (including phenoxy) is 1. The van der Waals surface area contributed by atoms with E-state index in [1.807, 2.05) is 30.6 Å². The molecule has 1 aromatic heterocycles. The van der Waals surface area contributed by atoms with Crippen LogP contribution in [0.2, 0.25) is 0 Å². The molecule has 0 bridgehead atoms. The van der Waals surface area contributed by atoms with Crippen molar-refractivity contribution < 1.29 is 13.5 Å². The fourth-order valence-electron chi connectivity index (χ4n) is 4.93. The molecule has 2 aromatic carbocycles. The minimum atomic E-state index is -0.348. The van der Waals surface area contributed by atoms with E-state index in [2.05, 4.69) is 4.99 Å². The lowest BCUT2D eigenvalue weighted by Gasteiger charge is -2.18. The van der Waals surface area contributed by atoms with E-state index in [9.17, 15) is 4.39 Å². The highest BCUT2D eigenvalue weighted by Gasteiger charge is 2.36.